The second-order valence-electron chi connectivity index (χ2n) is 3.41. The molecule has 0 aromatic carbocycles. The first kappa shape index (κ1) is 13.1. The second-order valence-corrected chi connectivity index (χ2v) is 6.16. The smallest absolute Gasteiger partial charge is 0.244 e. The van der Waals surface area contributed by atoms with Crippen LogP contribution in [0.4, 0.5) is 0 Å². The lowest BCUT2D eigenvalue weighted by molar-refractivity contribution is 0.269. The third-order valence-electron chi connectivity index (χ3n) is 2.15. The molecule has 0 fully saturated rings. The van der Waals surface area contributed by atoms with Crippen molar-refractivity contribution in [2.24, 2.45) is 0 Å². The molecule has 0 spiro atoms. The number of thiazole rings is 1. The van der Waals surface area contributed by atoms with E-state index in [1.54, 1.807) is 11.6 Å². The van der Waals surface area contributed by atoms with E-state index in [1.807, 2.05) is 0 Å². The highest BCUT2D eigenvalue weighted by molar-refractivity contribution is 7.89. The summed E-state index contributed by atoms with van der Waals surface area (Å²) in [5, 5.41) is 15.0. The Labute approximate surface area is 108 Å². The number of rotatable bonds is 6. The van der Waals surface area contributed by atoms with Crippen LogP contribution in [0.5, 0.6) is 0 Å². The fourth-order valence-corrected chi connectivity index (χ4v) is 2.88. The van der Waals surface area contributed by atoms with Crippen LogP contribution in [0, 0.1) is 0 Å². The predicted octanol–water partition coefficient (Wildman–Crippen LogP) is -0.190. The average Bonchev–Trinajstić information content (AvgIpc) is 2.98. The Morgan fingerprint density at radius 3 is 3.00 bits per heavy atom. The minimum absolute atomic E-state index is 0.0764. The number of nitrogens with zero attached hydrogens (tertiary/aromatic N) is 3. The van der Waals surface area contributed by atoms with E-state index >= 15 is 0 Å². The van der Waals surface area contributed by atoms with Crippen molar-refractivity contribution in [1.29, 1.82) is 0 Å². The zero-order valence-corrected chi connectivity index (χ0v) is 11.0. The van der Waals surface area contributed by atoms with Crippen molar-refractivity contribution < 1.29 is 13.5 Å². The summed E-state index contributed by atoms with van der Waals surface area (Å²) in [6, 6.07) is 0. The molecule has 0 unspecified atom stereocenters. The van der Waals surface area contributed by atoms with E-state index in [-0.39, 0.29) is 24.6 Å². The molecule has 0 atom stereocenters. The van der Waals surface area contributed by atoms with E-state index in [2.05, 4.69) is 14.8 Å². The Hall–Kier alpha value is -1.29. The summed E-state index contributed by atoms with van der Waals surface area (Å²) in [7, 11) is -3.58. The van der Waals surface area contributed by atoms with Crippen LogP contribution >= 0.6 is 11.3 Å². The number of hydrogen-bond donors (Lipinski definition) is 2. The highest BCUT2D eigenvalue weighted by atomic mass is 32.2. The summed E-state index contributed by atoms with van der Waals surface area (Å²) in [4.78, 5) is 4.06. The van der Waals surface area contributed by atoms with Gasteiger partial charge in [-0.2, -0.15) is 5.10 Å². The lowest BCUT2D eigenvalue weighted by Gasteiger charge is -2.01. The van der Waals surface area contributed by atoms with Gasteiger partial charge < -0.3 is 5.11 Å². The van der Waals surface area contributed by atoms with Gasteiger partial charge in [-0.05, 0) is 0 Å². The molecule has 2 rings (SSSR count). The van der Waals surface area contributed by atoms with Crippen LogP contribution in [-0.4, -0.2) is 34.9 Å². The fourth-order valence-electron chi connectivity index (χ4n) is 1.29. The molecular weight excluding hydrogens is 276 g/mol. The van der Waals surface area contributed by atoms with Crippen molar-refractivity contribution in [1.82, 2.24) is 19.5 Å². The molecule has 0 aliphatic rings. The zero-order chi connectivity index (χ0) is 13.0. The van der Waals surface area contributed by atoms with Gasteiger partial charge >= 0.3 is 0 Å². The van der Waals surface area contributed by atoms with Gasteiger partial charge in [-0.25, -0.2) is 18.1 Å². The number of hydrogen-bond acceptors (Lipinski definition) is 6. The Morgan fingerprint density at radius 1 is 1.50 bits per heavy atom. The van der Waals surface area contributed by atoms with E-state index in [0.29, 0.717) is 5.01 Å². The van der Waals surface area contributed by atoms with Gasteiger partial charge in [0, 0.05) is 17.8 Å². The fraction of sp³-hybridized carbons (Fsp3) is 0.333. The van der Waals surface area contributed by atoms with Gasteiger partial charge in [-0.3, -0.25) is 4.68 Å². The summed E-state index contributed by atoms with van der Waals surface area (Å²) in [6.07, 6.45) is 4.24. The molecule has 0 amide bonds. The maximum Gasteiger partial charge on any atom is 0.244 e. The molecule has 2 N–H and O–H groups in total. The van der Waals surface area contributed by atoms with Gasteiger partial charge in [0.15, 0.2) is 0 Å². The monoisotopic (exact) mass is 288 g/mol. The third kappa shape index (κ3) is 3.13. The van der Waals surface area contributed by atoms with Crippen molar-refractivity contribution in [2.45, 2.75) is 18.0 Å². The quantitative estimate of drug-likeness (QED) is 0.768. The summed E-state index contributed by atoms with van der Waals surface area (Å²) in [5.74, 6) is 0. The first-order valence-corrected chi connectivity index (χ1v) is 7.49. The summed E-state index contributed by atoms with van der Waals surface area (Å²) in [5.41, 5.74) is 0. The SMILES string of the molecule is O=S(=O)(NCc1nccs1)c1cnn(CCO)c1. The van der Waals surface area contributed by atoms with Crippen molar-refractivity contribution in [2.75, 3.05) is 6.61 Å². The van der Waals surface area contributed by atoms with Gasteiger partial charge in [0.1, 0.15) is 9.90 Å². The van der Waals surface area contributed by atoms with Crippen LogP contribution in [0.15, 0.2) is 28.9 Å². The van der Waals surface area contributed by atoms with Crippen molar-refractivity contribution >= 4 is 21.4 Å². The van der Waals surface area contributed by atoms with Gasteiger partial charge in [0.25, 0.3) is 0 Å². The molecule has 98 valence electrons. The molecule has 18 heavy (non-hydrogen) atoms. The van der Waals surface area contributed by atoms with E-state index in [4.69, 9.17) is 5.11 Å². The van der Waals surface area contributed by atoms with E-state index < -0.39 is 10.0 Å². The largest absolute Gasteiger partial charge is 0.394 e. The normalized spacial score (nSPS) is 11.8. The van der Waals surface area contributed by atoms with E-state index in [1.165, 1.54) is 28.4 Å². The van der Waals surface area contributed by atoms with Crippen LogP contribution in [0.1, 0.15) is 5.01 Å². The summed E-state index contributed by atoms with van der Waals surface area (Å²) >= 11 is 1.38. The Balaban J connectivity index is 2.05. The van der Waals surface area contributed by atoms with Gasteiger partial charge in [0.05, 0.1) is 25.9 Å². The van der Waals surface area contributed by atoms with Crippen LogP contribution in [0.2, 0.25) is 0 Å². The Kier molecular flexibility index (Phi) is 4.07. The standard InChI is InChI=1S/C9H12N4O3S2/c14-3-2-13-7-8(5-11-13)18(15,16)12-6-9-10-1-4-17-9/h1,4-5,7,12,14H,2-3,6H2. The van der Waals surface area contributed by atoms with Gasteiger partial charge in [-0.1, -0.05) is 0 Å². The predicted molar refractivity (Wildman–Crippen MR) is 65.5 cm³/mol. The topological polar surface area (TPSA) is 97.1 Å². The van der Waals surface area contributed by atoms with Crippen LogP contribution in [0.25, 0.3) is 0 Å². The molecular formula is C9H12N4O3S2. The second kappa shape index (κ2) is 5.57. The number of sulfonamides is 1. The van der Waals surface area contributed by atoms with Crippen LogP contribution in [0.3, 0.4) is 0 Å². The Morgan fingerprint density at radius 2 is 2.33 bits per heavy atom. The highest BCUT2D eigenvalue weighted by Gasteiger charge is 2.16. The maximum absolute atomic E-state index is 11.9. The summed E-state index contributed by atoms with van der Waals surface area (Å²) < 4.78 is 27.6. The molecule has 0 aliphatic carbocycles. The molecule has 0 saturated heterocycles. The molecule has 2 aromatic heterocycles. The minimum atomic E-state index is -3.58. The molecule has 2 heterocycles. The molecule has 0 saturated carbocycles. The molecule has 0 radical (unpaired) electrons. The number of aliphatic hydroxyl groups is 1. The molecule has 9 heteroatoms. The molecule has 2 aromatic rings. The van der Waals surface area contributed by atoms with Crippen molar-refractivity contribution in [3.63, 3.8) is 0 Å². The zero-order valence-electron chi connectivity index (χ0n) is 9.35. The molecule has 7 nitrogen and oxygen atoms in total. The van der Waals surface area contributed by atoms with Gasteiger partial charge in [0.2, 0.25) is 10.0 Å². The van der Waals surface area contributed by atoms with Crippen molar-refractivity contribution in [3.8, 4) is 0 Å². The minimum Gasteiger partial charge on any atom is -0.394 e. The van der Waals surface area contributed by atoms with Crippen LogP contribution in [-0.2, 0) is 23.1 Å². The molecule has 0 bridgehead atoms. The first-order chi connectivity index (χ1) is 8.62. The average molecular weight is 288 g/mol. The van der Waals surface area contributed by atoms with E-state index in [0.717, 1.165) is 0 Å². The lowest BCUT2D eigenvalue weighted by Crippen LogP contribution is -2.22. The lowest BCUT2D eigenvalue weighted by atomic mass is 10.7. The number of aromatic nitrogens is 3. The maximum atomic E-state index is 11.9. The number of aliphatic hydroxyl groups excluding tert-OH is 1. The first-order valence-electron chi connectivity index (χ1n) is 5.13. The third-order valence-corrected chi connectivity index (χ3v) is 4.28. The van der Waals surface area contributed by atoms with E-state index in [9.17, 15) is 8.42 Å². The summed E-state index contributed by atoms with van der Waals surface area (Å²) in [6.45, 7) is 0.334. The van der Waals surface area contributed by atoms with Crippen molar-refractivity contribution in [3.05, 3.63) is 29.0 Å². The van der Waals surface area contributed by atoms with Gasteiger partial charge in [-0.15, -0.1) is 11.3 Å². The molecule has 0 aliphatic heterocycles. The number of nitrogens with one attached hydrogen (secondary N) is 1. The van der Waals surface area contributed by atoms with Crippen LogP contribution < -0.4 is 4.72 Å². The Bertz CT molecular complexity index is 591. The highest BCUT2D eigenvalue weighted by Crippen LogP contribution is 2.09.